The summed E-state index contributed by atoms with van der Waals surface area (Å²) in [6, 6.07) is 5.70. The highest BCUT2D eigenvalue weighted by molar-refractivity contribution is 5.93. The van der Waals surface area contributed by atoms with E-state index in [0.29, 0.717) is 11.1 Å². The van der Waals surface area contributed by atoms with E-state index in [1.54, 1.807) is 6.20 Å². The topological polar surface area (TPSA) is 74.4 Å². The Labute approximate surface area is 127 Å². The molecule has 0 saturated carbocycles. The molecule has 5 nitrogen and oxygen atoms in total. The maximum absolute atomic E-state index is 12.3. The standard InChI is InChI=1S/C17H18N4O/c22-17-14-15(20-21-17)11-7-3-1-2-4-8-12(11)19-16(14)13-9-5-6-10-18-13/h5-6,9-10H,1-4,7-8H2,(H2,20,21,22). The first-order valence-electron chi connectivity index (χ1n) is 7.88. The van der Waals surface area contributed by atoms with E-state index in [-0.39, 0.29) is 5.56 Å². The first-order valence-corrected chi connectivity index (χ1v) is 7.88. The lowest BCUT2D eigenvalue weighted by Crippen LogP contribution is -2.08. The van der Waals surface area contributed by atoms with E-state index in [9.17, 15) is 4.79 Å². The van der Waals surface area contributed by atoms with Crippen LogP contribution in [0.2, 0.25) is 0 Å². The van der Waals surface area contributed by atoms with Crippen molar-refractivity contribution >= 4 is 10.9 Å². The average Bonchev–Trinajstić information content (AvgIpc) is 2.90. The number of fused-ring (bicyclic) bond motifs is 3. The smallest absolute Gasteiger partial charge is 0.274 e. The molecule has 0 bridgehead atoms. The van der Waals surface area contributed by atoms with Crippen molar-refractivity contribution in [1.29, 1.82) is 0 Å². The number of aromatic amines is 2. The maximum atomic E-state index is 12.3. The fourth-order valence-electron chi connectivity index (χ4n) is 3.32. The second kappa shape index (κ2) is 5.40. The van der Waals surface area contributed by atoms with Gasteiger partial charge < -0.3 is 0 Å². The number of hydrogen-bond acceptors (Lipinski definition) is 3. The third-order valence-electron chi connectivity index (χ3n) is 4.41. The third kappa shape index (κ3) is 2.13. The molecule has 3 aromatic rings. The zero-order valence-corrected chi connectivity index (χ0v) is 12.4. The Morgan fingerprint density at radius 1 is 1.00 bits per heavy atom. The summed E-state index contributed by atoms with van der Waals surface area (Å²) in [5.74, 6) is 0. The van der Waals surface area contributed by atoms with Crippen molar-refractivity contribution in [2.24, 2.45) is 0 Å². The van der Waals surface area contributed by atoms with Gasteiger partial charge in [0.25, 0.3) is 5.56 Å². The Morgan fingerprint density at radius 3 is 2.68 bits per heavy atom. The van der Waals surface area contributed by atoms with Gasteiger partial charge in [-0.3, -0.25) is 20.0 Å². The van der Waals surface area contributed by atoms with Gasteiger partial charge in [0, 0.05) is 11.9 Å². The second-order valence-electron chi connectivity index (χ2n) is 5.84. The van der Waals surface area contributed by atoms with Crippen LogP contribution < -0.4 is 5.56 Å². The van der Waals surface area contributed by atoms with E-state index < -0.39 is 0 Å². The summed E-state index contributed by atoms with van der Waals surface area (Å²) in [6.45, 7) is 0. The highest BCUT2D eigenvalue weighted by atomic mass is 16.1. The molecule has 0 unspecified atom stereocenters. The summed E-state index contributed by atoms with van der Waals surface area (Å²) >= 11 is 0. The molecule has 0 saturated heterocycles. The van der Waals surface area contributed by atoms with Crippen molar-refractivity contribution < 1.29 is 0 Å². The normalized spacial score (nSPS) is 15.3. The summed E-state index contributed by atoms with van der Waals surface area (Å²) < 4.78 is 0. The van der Waals surface area contributed by atoms with Crippen LogP contribution in [0.4, 0.5) is 0 Å². The maximum Gasteiger partial charge on any atom is 0.274 e. The third-order valence-corrected chi connectivity index (χ3v) is 4.41. The fourth-order valence-corrected chi connectivity index (χ4v) is 3.32. The van der Waals surface area contributed by atoms with Crippen molar-refractivity contribution in [3.05, 3.63) is 46.0 Å². The monoisotopic (exact) mass is 294 g/mol. The molecule has 112 valence electrons. The van der Waals surface area contributed by atoms with E-state index in [4.69, 9.17) is 4.98 Å². The minimum absolute atomic E-state index is 0.118. The molecule has 3 aromatic heterocycles. The average molecular weight is 294 g/mol. The molecule has 0 aliphatic heterocycles. The molecule has 0 spiro atoms. The molecular weight excluding hydrogens is 276 g/mol. The lowest BCUT2D eigenvalue weighted by Gasteiger charge is -2.15. The minimum atomic E-state index is -0.118. The van der Waals surface area contributed by atoms with Gasteiger partial charge in [0.05, 0.1) is 16.6 Å². The predicted octanol–water partition coefficient (Wildman–Crippen LogP) is 2.97. The highest BCUT2D eigenvalue weighted by Gasteiger charge is 2.20. The number of nitrogens with zero attached hydrogens (tertiary/aromatic N) is 2. The Hall–Kier alpha value is -2.43. The molecule has 22 heavy (non-hydrogen) atoms. The molecular formula is C17H18N4O. The Bertz CT molecular complexity index is 863. The summed E-state index contributed by atoms with van der Waals surface area (Å²) in [6.07, 6.45) is 8.49. The molecule has 4 rings (SSSR count). The van der Waals surface area contributed by atoms with Crippen LogP contribution >= 0.6 is 0 Å². The van der Waals surface area contributed by atoms with Crippen LogP contribution in [0.15, 0.2) is 29.2 Å². The molecule has 5 heteroatoms. The molecule has 1 aliphatic carbocycles. The van der Waals surface area contributed by atoms with Gasteiger partial charge >= 0.3 is 0 Å². The fraction of sp³-hybridized carbons (Fsp3) is 0.353. The quantitative estimate of drug-likeness (QED) is 0.724. The van der Waals surface area contributed by atoms with Gasteiger partial charge in [-0.15, -0.1) is 0 Å². The van der Waals surface area contributed by atoms with Crippen LogP contribution in [0.25, 0.3) is 22.3 Å². The molecule has 3 heterocycles. The number of aryl methyl sites for hydroxylation is 2. The lowest BCUT2D eigenvalue weighted by molar-refractivity contribution is 0.611. The van der Waals surface area contributed by atoms with E-state index in [1.165, 1.54) is 18.4 Å². The largest absolute Gasteiger partial charge is 0.297 e. The summed E-state index contributed by atoms with van der Waals surface area (Å²) in [5, 5.41) is 6.43. The zero-order chi connectivity index (χ0) is 14.9. The van der Waals surface area contributed by atoms with Crippen LogP contribution in [-0.2, 0) is 12.8 Å². The summed E-state index contributed by atoms with van der Waals surface area (Å²) in [5.41, 5.74) is 4.56. The predicted molar refractivity (Wildman–Crippen MR) is 85.8 cm³/mol. The number of hydrogen-bond donors (Lipinski definition) is 2. The van der Waals surface area contributed by atoms with Gasteiger partial charge in [0.15, 0.2) is 0 Å². The van der Waals surface area contributed by atoms with Gasteiger partial charge in [-0.25, -0.2) is 4.98 Å². The van der Waals surface area contributed by atoms with E-state index in [1.807, 2.05) is 18.2 Å². The Balaban J connectivity index is 2.03. The highest BCUT2D eigenvalue weighted by Crippen LogP contribution is 2.29. The Kier molecular flexibility index (Phi) is 3.25. The van der Waals surface area contributed by atoms with Crippen molar-refractivity contribution in [1.82, 2.24) is 20.2 Å². The van der Waals surface area contributed by atoms with E-state index in [0.717, 1.165) is 42.6 Å². The lowest BCUT2D eigenvalue weighted by atomic mass is 9.94. The first-order chi connectivity index (χ1) is 10.8. The van der Waals surface area contributed by atoms with E-state index in [2.05, 4.69) is 15.2 Å². The van der Waals surface area contributed by atoms with Crippen molar-refractivity contribution in [2.75, 3.05) is 0 Å². The van der Waals surface area contributed by atoms with Crippen LogP contribution in [0.3, 0.4) is 0 Å². The van der Waals surface area contributed by atoms with Crippen LogP contribution in [-0.4, -0.2) is 20.2 Å². The van der Waals surface area contributed by atoms with Gasteiger partial charge in [-0.05, 0) is 43.4 Å². The molecule has 1 aliphatic rings. The molecule has 0 aromatic carbocycles. The van der Waals surface area contributed by atoms with Gasteiger partial charge in [-0.2, -0.15) is 0 Å². The zero-order valence-electron chi connectivity index (χ0n) is 12.4. The number of aromatic nitrogens is 4. The number of pyridine rings is 2. The molecule has 0 atom stereocenters. The van der Waals surface area contributed by atoms with Crippen molar-refractivity contribution in [2.45, 2.75) is 38.5 Å². The number of H-pyrrole nitrogens is 2. The molecule has 2 N–H and O–H groups in total. The molecule has 0 fully saturated rings. The number of rotatable bonds is 1. The molecule has 0 amide bonds. The van der Waals surface area contributed by atoms with Crippen LogP contribution in [0.5, 0.6) is 0 Å². The van der Waals surface area contributed by atoms with E-state index >= 15 is 0 Å². The number of nitrogens with one attached hydrogen (secondary N) is 2. The van der Waals surface area contributed by atoms with Gasteiger partial charge in [0.2, 0.25) is 0 Å². The van der Waals surface area contributed by atoms with Crippen molar-refractivity contribution in [3.8, 4) is 11.4 Å². The SMILES string of the molecule is O=c1[nH][nH]c2c3c(nc(-c4ccccn4)c12)CCCCCC3. The van der Waals surface area contributed by atoms with Crippen LogP contribution in [0, 0.1) is 0 Å². The summed E-state index contributed by atoms with van der Waals surface area (Å²) in [4.78, 5) is 21.5. The Morgan fingerprint density at radius 2 is 1.86 bits per heavy atom. The summed E-state index contributed by atoms with van der Waals surface area (Å²) in [7, 11) is 0. The molecule has 0 radical (unpaired) electrons. The first kappa shape index (κ1) is 13.2. The van der Waals surface area contributed by atoms with Gasteiger partial charge in [0.1, 0.15) is 5.69 Å². The minimum Gasteiger partial charge on any atom is -0.297 e. The second-order valence-corrected chi connectivity index (χ2v) is 5.84. The van der Waals surface area contributed by atoms with Crippen molar-refractivity contribution in [3.63, 3.8) is 0 Å². The van der Waals surface area contributed by atoms with Crippen LogP contribution in [0.1, 0.15) is 36.9 Å². The van der Waals surface area contributed by atoms with Gasteiger partial charge in [-0.1, -0.05) is 18.9 Å².